The van der Waals surface area contributed by atoms with Gasteiger partial charge in [0.25, 0.3) is 5.91 Å². The van der Waals surface area contributed by atoms with Gasteiger partial charge in [-0.25, -0.2) is 4.39 Å². The van der Waals surface area contributed by atoms with Crippen molar-refractivity contribution in [2.45, 2.75) is 39.2 Å². The van der Waals surface area contributed by atoms with E-state index in [2.05, 4.69) is 10.3 Å². The number of pyridine rings is 1. The molecule has 1 aromatic heterocycles. The van der Waals surface area contributed by atoms with E-state index in [-0.39, 0.29) is 30.2 Å². The van der Waals surface area contributed by atoms with Crippen LogP contribution in [-0.4, -0.2) is 41.4 Å². The summed E-state index contributed by atoms with van der Waals surface area (Å²) in [6.45, 7) is 4.94. The molecule has 0 saturated heterocycles. The Labute approximate surface area is 211 Å². The van der Waals surface area contributed by atoms with Gasteiger partial charge in [-0.1, -0.05) is 38.1 Å². The first-order chi connectivity index (χ1) is 17.4. The summed E-state index contributed by atoms with van der Waals surface area (Å²) in [6, 6.07) is 17.4. The maximum absolute atomic E-state index is 14.2. The van der Waals surface area contributed by atoms with Crippen LogP contribution in [0.1, 0.15) is 48.7 Å². The molecule has 1 atom stereocenters. The lowest BCUT2D eigenvalue weighted by molar-refractivity contribution is -0.134. The molecule has 2 heterocycles. The smallest absolute Gasteiger partial charge is 0.257 e. The second-order valence-electron chi connectivity index (χ2n) is 9.46. The predicted octanol–water partition coefficient (Wildman–Crippen LogP) is 4.48. The fourth-order valence-corrected chi connectivity index (χ4v) is 4.53. The number of halogens is 1. The highest BCUT2D eigenvalue weighted by atomic mass is 19.1. The number of ether oxygens (including phenoxy) is 1. The van der Waals surface area contributed by atoms with E-state index in [0.717, 1.165) is 22.4 Å². The molecule has 188 valence electrons. The number of rotatable bonds is 9. The standard InChI is InChI=1S/C29H32FN3O3/c1-20(2)16-28(35)33-15-12-21-9-10-25(18-26(21)29(33)22-6-5-7-23(30)17-22)36-19-27(34)32-14-11-24-8-3-4-13-31-24/h3-10,13,17-18,20,29H,11-12,14-16,19H2,1-2H3,(H,32,34). The molecule has 0 aliphatic carbocycles. The molecule has 0 radical (unpaired) electrons. The highest BCUT2D eigenvalue weighted by molar-refractivity contribution is 5.78. The second-order valence-corrected chi connectivity index (χ2v) is 9.46. The van der Waals surface area contributed by atoms with Crippen LogP contribution in [0.5, 0.6) is 5.75 Å². The first-order valence-corrected chi connectivity index (χ1v) is 12.4. The molecular formula is C29H32FN3O3. The molecule has 0 spiro atoms. The van der Waals surface area contributed by atoms with Crippen molar-refractivity contribution in [3.05, 3.63) is 95.1 Å². The first-order valence-electron chi connectivity index (χ1n) is 12.4. The summed E-state index contributed by atoms with van der Waals surface area (Å²) in [7, 11) is 0. The summed E-state index contributed by atoms with van der Waals surface area (Å²) in [6.07, 6.45) is 3.50. The van der Waals surface area contributed by atoms with Crippen molar-refractivity contribution in [2.24, 2.45) is 5.92 Å². The van der Waals surface area contributed by atoms with Crippen LogP contribution in [0.25, 0.3) is 0 Å². The number of nitrogens with one attached hydrogen (secondary N) is 1. The van der Waals surface area contributed by atoms with Gasteiger partial charge in [-0.15, -0.1) is 0 Å². The van der Waals surface area contributed by atoms with Crippen LogP contribution < -0.4 is 10.1 Å². The van der Waals surface area contributed by atoms with E-state index in [9.17, 15) is 14.0 Å². The largest absolute Gasteiger partial charge is 0.484 e. The number of fused-ring (bicyclic) bond motifs is 1. The topological polar surface area (TPSA) is 71.5 Å². The van der Waals surface area contributed by atoms with Crippen molar-refractivity contribution in [3.63, 3.8) is 0 Å². The Balaban J connectivity index is 1.48. The predicted molar refractivity (Wildman–Crippen MR) is 136 cm³/mol. The van der Waals surface area contributed by atoms with Gasteiger partial charge in [-0.3, -0.25) is 14.6 Å². The molecule has 0 saturated carbocycles. The van der Waals surface area contributed by atoms with E-state index >= 15 is 0 Å². The van der Waals surface area contributed by atoms with Gasteiger partial charge in [0.15, 0.2) is 6.61 Å². The zero-order valence-electron chi connectivity index (χ0n) is 20.7. The normalized spacial score (nSPS) is 14.9. The molecule has 36 heavy (non-hydrogen) atoms. The number of nitrogens with zero attached hydrogens (tertiary/aromatic N) is 2. The van der Waals surface area contributed by atoms with Crippen LogP contribution in [-0.2, 0) is 22.4 Å². The fraction of sp³-hybridized carbons (Fsp3) is 0.345. The van der Waals surface area contributed by atoms with Crippen LogP contribution in [0, 0.1) is 11.7 Å². The minimum absolute atomic E-state index is 0.0449. The number of aromatic nitrogens is 1. The molecule has 1 unspecified atom stereocenters. The number of hydrogen-bond donors (Lipinski definition) is 1. The zero-order valence-corrected chi connectivity index (χ0v) is 20.7. The van der Waals surface area contributed by atoms with E-state index in [1.807, 2.05) is 61.2 Å². The maximum Gasteiger partial charge on any atom is 0.257 e. The fourth-order valence-electron chi connectivity index (χ4n) is 4.53. The van der Waals surface area contributed by atoms with Crippen LogP contribution in [0.2, 0.25) is 0 Å². The van der Waals surface area contributed by atoms with Gasteiger partial charge in [0.1, 0.15) is 11.6 Å². The van der Waals surface area contributed by atoms with Crippen molar-refractivity contribution < 1.29 is 18.7 Å². The Hall–Kier alpha value is -3.74. The lowest BCUT2D eigenvalue weighted by atomic mass is 9.87. The molecule has 0 fully saturated rings. The number of benzene rings is 2. The molecular weight excluding hydrogens is 457 g/mol. The van der Waals surface area contributed by atoms with Crippen molar-refractivity contribution in [3.8, 4) is 5.75 Å². The average molecular weight is 490 g/mol. The monoisotopic (exact) mass is 489 g/mol. The van der Waals surface area contributed by atoms with E-state index in [4.69, 9.17) is 4.74 Å². The third-order valence-electron chi connectivity index (χ3n) is 6.21. The molecule has 7 heteroatoms. The Morgan fingerprint density at radius 2 is 2.00 bits per heavy atom. The SMILES string of the molecule is CC(C)CC(=O)N1CCc2ccc(OCC(=O)NCCc3ccccn3)cc2C1c1cccc(F)c1. The maximum atomic E-state index is 14.2. The van der Waals surface area contributed by atoms with Gasteiger partial charge in [-0.05, 0) is 65.4 Å². The quantitative estimate of drug-likeness (QED) is 0.481. The van der Waals surface area contributed by atoms with Crippen molar-refractivity contribution >= 4 is 11.8 Å². The Kier molecular flexibility index (Phi) is 8.31. The summed E-state index contributed by atoms with van der Waals surface area (Å²) in [4.78, 5) is 31.5. The van der Waals surface area contributed by atoms with Gasteiger partial charge >= 0.3 is 0 Å². The summed E-state index contributed by atoms with van der Waals surface area (Å²) in [5, 5.41) is 2.85. The summed E-state index contributed by atoms with van der Waals surface area (Å²) < 4.78 is 20.0. The zero-order chi connectivity index (χ0) is 25.5. The Morgan fingerprint density at radius 3 is 2.75 bits per heavy atom. The van der Waals surface area contributed by atoms with Crippen molar-refractivity contribution in [1.29, 1.82) is 0 Å². The summed E-state index contributed by atoms with van der Waals surface area (Å²) in [5.74, 6) is 0.236. The van der Waals surface area contributed by atoms with Crippen LogP contribution in [0.15, 0.2) is 66.9 Å². The van der Waals surface area contributed by atoms with Crippen LogP contribution in [0.4, 0.5) is 4.39 Å². The van der Waals surface area contributed by atoms with Crippen LogP contribution in [0.3, 0.4) is 0 Å². The minimum Gasteiger partial charge on any atom is -0.484 e. The molecule has 2 amide bonds. The number of amides is 2. The van der Waals surface area contributed by atoms with Gasteiger partial charge in [0, 0.05) is 37.8 Å². The molecule has 2 aromatic carbocycles. The Bertz CT molecular complexity index is 1200. The minimum atomic E-state index is -0.411. The van der Waals surface area contributed by atoms with E-state index < -0.39 is 6.04 Å². The highest BCUT2D eigenvalue weighted by Crippen LogP contribution is 2.38. The highest BCUT2D eigenvalue weighted by Gasteiger charge is 2.32. The van der Waals surface area contributed by atoms with E-state index in [1.54, 1.807) is 12.3 Å². The molecule has 6 nitrogen and oxygen atoms in total. The Morgan fingerprint density at radius 1 is 1.14 bits per heavy atom. The lowest BCUT2D eigenvalue weighted by Gasteiger charge is -2.38. The van der Waals surface area contributed by atoms with E-state index in [0.29, 0.717) is 38.1 Å². The van der Waals surface area contributed by atoms with Gasteiger partial charge in [-0.2, -0.15) is 0 Å². The molecule has 1 aliphatic heterocycles. The van der Waals surface area contributed by atoms with Gasteiger partial charge in [0.05, 0.1) is 6.04 Å². The van der Waals surface area contributed by atoms with Gasteiger partial charge < -0.3 is 15.0 Å². The van der Waals surface area contributed by atoms with E-state index in [1.165, 1.54) is 12.1 Å². The first kappa shape index (κ1) is 25.4. The van der Waals surface area contributed by atoms with Gasteiger partial charge in [0.2, 0.25) is 5.91 Å². The molecule has 4 rings (SSSR count). The number of hydrogen-bond acceptors (Lipinski definition) is 4. The van der Waals surface area contributed by atoms with Crippen molar-refractivity contribution in [2.75, 3.05) is 19.7 Å². The van der Waals surface area contributed by atoms with Crippen molar-refractivity contribution in [1.82, 2.24) is 15.2 Å². The number of carbonyl (C=O) groups excluding carboxylic acids is 2. The molecule has 1 aliphatic rings. The third-order valence-corrected chi connectivity index (χ3v) is 6.21. The summed E-state index contributed by atoms with van der Waals surface area (Å²) >= 11 is 0. The molecule has 1 N–H and O–H groups in total. The second kappa shape index (κ2) is 11.8. The average Bonchev–Trinajstić information content (AvgIpc) is 2.87. The molecule has 0 bridgehead atoms. The number of carbonyl (C=O) groups is 2. The third kappa shape index (κ3) is 6.47. The van der Waals surface area contributed by atoms with Crippen LogP contribution >= 0.6 is 0 Å². The summed E-state index contributed by atoms with van der Waals surface area (Å²) in [5.41, 5.74) is 3.62. The molecule has 3 aromatic rings. The lowest BCUT2D eigenvalue weighted by Crippen LogP contribution is -2.41.